The van der Waals surface area contributed by atoms with E-state index in [1.54, 1.807) is 36.4 Å². The molecule has 0 aliphatic heterocycles. The van der Waals surface area contributed by atoms with Gasteiger partial charge in [0.15, 0.2) is 0 Å². The molecule has 0 saturated heterocycles. The molecule has 0 bridgehead atoms. The van der Waals surface area contributed by atoms with Crippen molar-refractivity contribution in [3.8, 4) is 28.3 Å². The van der Waals surface area contributed by atoms with Crippen molar-refractivity contribution in [1.82, 2.24) is 0 Å². The Balaban J connectivity index is 1.94. The minimum absolute atomic E-state index is 0.211. The standard InChI is InChI=1S/C22H17F3N2/c1-2-22(27)15-7-8-17(19(23)9-15)14-5-3-13(4-6-14)16-10-20(24)18(12-26)21(25)11-16/h3-11,22H,2,27H2,1H3. The van der Waals surface area contributed by atoms with Crippen LogP contribution in [0.15, 0.2) is 54.6 Å². The quantitative estimate of drug-likeness (QED) is 0.642. The topological polar surface area (TPSA) is 49.8 Å². The van der Waals surface area contributed by atoms with E-state index in [1.807, 2.05) is 6.92 Å². The average Bonchev–Trinajstić information content (AvgIpc) is 2.67. The van der Waals surface area contributed by atoms with E-state index in [1.165, 1.54) is 12.1 Å². The first kappa shape index (κ1) is 18.7. The molecule has 5 heteroatoms. The molecule has 0 amide bonds. The highest BCUT2D eigenvalue weighted by Gasteiger charge is 2.13. The van der Waals surface area contributed by atoms with Gasteiger partial charge in [0, 0.05) is 11.6 Å². The second-order valence-electron chi connectivity index (χ2n) is 6.26. The van der Waals surface area contributed by atoms with Crippen LogP contribution < -0.4 is 5.73 Å². The predicted molar refractivity (Wildman–Crippen MR) is 99.1 cm³/mol. The van der Waals surface area contributed by atoms with E-state index in [0.717, 1.165) is 17.7 Å². The number of benzene rings is 3. The van der Waals surface area contributed by atoms with Gasteiger partial charge in [-0.25, -0.2) is 13.2 Å². The van der Waals surface area contributed by atoms with Gasteiger partial charge < -0.3 is 5.73 Å². The summed E-state index contributed by atoms with van der Waals surface area (Å²) < 4.78 is 42.1. The van der Waals surface area contributed by atoms with Crippen molar-refractivity contribution >= 4 is 0 Å². The highest BCUT2D eigenvalue weighted by molar-refractivity contribution is 5.71. The van der Waals surface area contributed by atoms with Crippen LogP contribution in [0, 0.1) is 28.8 Å². The van der Waals surface area contributed by atoms with Gasteiger partial charge in [-0.05, 0) is 46.9 Å². The third-order valence-electron chi connectivity index (χ3n) is 4.54. The number of nitrogens with zero attached hydrogens (tertiary/aromatic N) is 1. The van der Waals surface area contributed by atoms with Gasteiger partial charge in [0.2, 0.25) is 0 Å². The molecule has 0 spiro atoms. The fourth-order valence-electron chi connectivity index (χ4n) is 2.92. The number of rotatable bonds is 4. The lowest BCUT2D eigenvalue weighted by molar-refractivity contribution is 0.577. The molecular formula is C22H17F3N2. The summed E-state index contributed by atoms with van der Waals surface area (Å²) in [5, 5.41) is 8.75. The van der Waals surface area contributed by atoms with Crippen molar-refractivity contribution in [2.24, 2.45) is 5.73 Å². The summed E-state index contributed by atoms with van der Waals surface area (Å²) >= 11 is 0. The van der Waals surface area contributed by atoms with Crippen molar-refractivity contribution in [3.05, 3.63) is 83.2 Å². The average molecular weight is 366 g/mol. The van der Waals surface area contributed by atoms with E-state index >= 15 is 0 Å². The molecule has 1 unspecified atom stereocenters. The van der Waals surface area contributed by atoms with E-state index in [9.17, 15) is 13.2 Å². The lowest BCUT2D eigenvalue weighted by Gasteiger charge is -2.12. The highest BCUT2D eigenvalue weighted by atomic mass is 19.1. The molecule has 136 valence electrons. The predicted octanol–water partition coefficient (Wildman–Crippen LogP) is 5.72. The smallest absolute Gasteiger partial charge is 0.144 e. The van der Waals surface area contributed by atoms with Crippen molar-refractivity contribution in [2.75, 3.05) is 0 Å². The van der Waals surface area contributed by atoms with Crippen molar-refractivity contribution in [2.45, 2.75) is 19.4 Å². The van der Waals surface area contributed by atoms with Crippen LogP contribution in [0.2, 0.25) is 0 Å². The molecule has 0 fully saturated rings. The Morgan fingerprint density at radius 2 is 1.44 bits per heavy atom. The molecule has 27 heavy (non-hydrogen) atoms. The van der Waals surface area contributed by atoms with E-state index in [-0.39, 0.29) is 11.9 Å². The maximum atomic E-state index is 14.5. The zero-order valence-electron chi connectivity index (χ0n) is 14.6. The third kappa shape index (κ3) is 3.71. The van der Waals surface area contributed by atoms with E-state index in [4.69, 9.17) is 11.0 Å². The van der Waals surface area contributed by atoms with Crippen molar-refractivity contribution in [1.29, 1.82) is 5.26 Å². The fraction of sp³-hybridized carbons (Fsp3) is 0.136. The van der Waals surface area contributed by atoms with Gasteiger partial charge in [-0.3, -0.25) is 0 Å². The minimum atomic E-state index is -0.912. The van der Waals surface area contributed by atoms with Crippen LogP contribution in [0.3, 0.4) is 0 Å². The van der Waals surface area contributed by atoms with Crippen LogP contribution >= 0.6 is 0 Å². The summed E-state index contributed by atoms with van der Waals surface area (Å²) in [7, 11) is 0. The molecule has 0 heterocycles. The van der Waals surface area contributed by atoms with Gasteiger partial charge in [0.1, 0.15) is 29.1 Å². The number of halogens is 3. The summed E-state index contributed by atoms with van der Waals surface area (Å²) in [6, 6.07) is 15.1. The second-order valence-corrected chi connectivity index (χ2v) is 6.26. The van der Waals surface area contributed by atoms with Gasteiger partial charge in [0.05, 0.1) is 0 Å². The molecule has 0 aliphatic carbocycles. The number of hydrogen-bond donors (Lipinski definition) is 1. The second kappa shape index (κ2) is 7.65. The number of nitriles is 1. The number of hydrogen-bond acceptors (Lipinski definition) is 2. The Morgan fingerprint density at radius 3 is 1.96 bits per heavy atom. The van der Waals surface area contributed by atoms with Crippen LogP contribution in [0.5, 0.6) is 0 Å². The molecule has 1 atom stereocenters. The molecule has 0 aromatic heterocycles. The summed E-state index contributed by atoms with van der Waals surface area (Å²) in [6.07, 6.45) is 0.713. The lowest BCUT2D eigenvalue weighted by atomic mass is 9.97. The van der Waals surface area contributed by atoms with E-state index < -0.39 is 17.2 Å². The maximum Gasteiger partial charge on any atom is 0.144 e. The van der Waals surface area contributed by atoms with Gasteiger partial charge in [-0.15, -0.1) is 0 Å². The van der Waals surface area contributed by atoms with Crippen LogP contribution in [0.25, 0.3) is 22.3 Å². The molecule has 3 aromatic carbocycles. The van der Waals surface area contributed by atoms with Gasteiger partial charge in [0.25, 0.3) is 0 Å². The van der Waals surface area contributed by atoms with Gasteiger partial charge in [-0.2, -0.15) is 5.26 Å². The molecular weight excluding hydrogens is 349 g/mol. The lowest BCUT2D eigenvalue weighted by Crippen LogP contribution is -2.08. The van der Waals surface area contributed by atoms with Crippen LogP contribution in [0.1, 0.15) is 30.5 Å². The highest BCUT2D eigenvalue weighted by Crippen LogP contribution is 2.29. The molecule has 0 saturated carbocycles. The first-order valence-electron chi connectivity index (χ1n) is 8.49. The summed E-state index contributed by atoms with van der Waals surface area (Å²) in [5.74, 6) is -2.20. The van der Waals surface area contributed by atoms with Crippen LogP contribution in [-0.4, -0.2) is 0 Å². The first-order valence-corrected chi connectivity index (χ1v) is 8.49. The summed E-state index contributed by atoms with van der Waals surface area (Å²) in [4.78, 5) is 0. The number of nitrogens with two attached hydrogens (primary N) is 1. The minimum Gasteiger partial charge on any atom is -0.324 e. The van der Waals surface area contributed by atoms with Crippen molar-refractivity contribution < 1.29 is 13.2 Å². The molecule has 0 aliphatic rings. The zero-order valence-corrected chi connectivity index (χ0v) is 14.6. The Kier molecular flexibility index (Phi) is 5.29. The van der Waals surface area contributed by atoms with Crippen LogP contribution in [0.4, 0.5) is 13.2 Å². The Bertz CT molecular complexity index is 998. The Morgan fingerprint density at radius 1 is 0.852 bits per heavy atom. The van der Waals surface area contributed by atoms with E-state index in [0.29, 0.717) is 28.7 Å². The Labute approximate surface area is 155 Å². The van der Waals surface area contributed by atoms with E-state index in [2.05, 4.69) is 0 Å². The molecule has 2 N–H and O–H groups in total. The molecule has 0 radical (unpaired) electrons. The van der Waals surface area contributed by atoms with Crippen molar-refractivity contribution in [3.63, 3.8) is 0 Å². The molecule has 2 nitrogen and oxygen atoms in total. The van der Waals surface area contributed by atoms with Crippen LogP contribution in [-0.2, 0) is 0 Å². The largest absolute Gasteiger partial charge is 0.324 e. The normalized spacial score (nSPS) is 11.9. The van der Waals surface area contributed by atoms with Gasteiger partial charge in [-0.1, -0.05) is 43.3 Å². The summed E-state index contributed by atoms with van der Waals surface area (Å²) in [6.45, 7) is 1.93. The van der Waals surface area contributed by atoms with Gasteiger partial charge >= 0.3 is 0 Å². The molecule has 3 rings (SSSR count). The first-order chi connectivity index (χ1) is 12.9. The molecule has 3 aromatic rings. The summed E-state index contributed by atoms with van der Waals surface area (Å²) in [5.41, 5.74) is 7.99. The Hall–Kier alpha value is -3.10. The SMILES string of the molecule is CCC(N)c1ccc(-c2ccc(-c3cc(F)c(C#N)c(F)c3)cc2)c(F)c1. The third-order valence-corrected chi connectivity index (χ3v) is 4.54. The monoisotopic (exact) mass is 366 g/mol. The fourth-order valence-corrected chi connectivity index (χ4v) is 2.92. The maximum absolute atomic E-state index is 14.5. The zero-order chi connectivity index (χ0) is 19.6.